The summed E-state index contributed by atoms with van der Waals surface area (Å²) in [5, 5.41) is 12.1. The van der Waals surface area contributed by atoms with Gasteiger partial charge in [0.25, 0.3) is 0 Å². The number of rotatable bonds is 3. The molecule has 4 heterocycles. The van der Waals surface area contributed by atoms with Gasteiger partial charge in [-0.2, -0.15) is 0 Å². The number of aliphatic hydroxyl groups is 1. The van der Waals surface area contributed by atoms with Crippen LogP contribution in [0.15, 0.2) is 49.2 Å². The van der Waals surface area contributed by atoms with Crippen LogP contribution in [0.25, 0.3) is 10.9 Å². The molecule has 2 aromatic rings. The fraction of sp³-hybridized carbons (Fsp3) is 0.421. The van der Waals surface area contributed by atoms with E-state index in [4.69, 9.17) is 0 Å². The van der Waals surface area contributed by atoms with E-state index in [0.29, 0.717) is 11.8 Å². The number of aromatic nitrogens is 1. The number of nitrogens with zero attached hydrogens (tertiary/aromatic N) is 2. The molecule has 3 fully saturated rings. The van der Waals surface area contributed by atoms with Gasteiger partial charge < -0.3 is 5.11 Å². The van der Waals surface area contributed by atoms with E-state index < -0.39 is 6.10 Å². The van der Waals surface area contributed by atoms with Crippen molar-refractivity contribution in [1.82, 2.24) is 9.88 Å². The third-order valence-corrected chi connectivity index (χ3v) is 5.52. The quantitative estimate of drug-likeness (QED) is 0.874. The highest BCUT2D eigenvalue weighted by atomic mass is 35.5. The van der Waals surface area contributed by atoms with Gasteiger partial charge in [0.05, 0.1) is 11.6 Å². The molecule has 23 heavy (non-hydrogen) atoms. The molecule has 1 unspecified atom stereocenters. The van der Waals surface area contributed by atoms with E-state index in [0.717, 1.165) is 36.0 Å². The average Bonchev–Trinajstić information content (AvgIpc) is 2.60. The third kappa shape index (κ3) is 2.78. The van der Waals surface area contributed by atoms with E-state index in [9.17, 15) is 5.11 Å². The number of fused-ring (bicyclic) bond motifs is 4. The van der Waals surface area contributed by atoms with Crippen molar-refractivity contribution in [2.45, 2.75) is 25.0 Å². The average molecular weight is 331 g/mol. The fourth-order valence-corrected chi connectivity index (χ4v) is 4.29. The Morgan fingerprint density at radius 1 is 1.30 bits per heavy atom. The van der Waals surface area contributed by atoms with Gasteiger partial charge in [-0.1, -0.05) is 24.3 Å². The van der Waals surface area contributed by atoms with E-state index in [1.54, 1.807) is 0 Å². The number of para-hydroxylation sites is 1. The first-order valence-corrected chi connectivity index (χ1v) is 8.16. The van der Waals surface area contributed by atoms with Gasteiger partial charge in [0.1, 0.15) is 0 Å². The molecule has 3 aliphatic heterocycles. The molecule has 0 radical (unpaired) electrons. The second-order valence-electron chi connectivity index (χ2n) is 6.61. The van der Waals surface area contributed by atoms with Crippen molar-refractivity contribution in [2.75, 3.05) is 13.1 Å². The summed E-state index contributed by atoms with van der Waals surface area (Å²) in [5.41, 5.74) is 1.97. The van der Waals surface area contributed by atoms with Crippen molar-refractivity contribution >= 4 is 23.3 Å². The first-order chi connectivity index (χ1) is 10.8. The van der Waals surface area contributed by atoms with Gasteiger partial charge in [0, 0.05) is 24.2 Å². The summed E-state index contributed by atoms with van der Waals surface area (Å²) < 4.78 is 0. The second-order valence-corrected chi connectivity index (χ2v) is 6.61. The van der Waals surface area contributed by atoms with Crippen molar-refractivity contribution in [2.24, 2.45) is 11.8 Å². The molecule has 1 aromatic heterocycles. The maximum atomic E-state index is 11.0. The molecule has 5 atom stereocenters. The van der Waals surface area contributed by atoms with Crippen LogP contribution in [0.1, 0.15) is 24.5 Å². The lowest BCUT2D eigenvalue weighted by molar-refractivity contribution is -0.0444. The molecule has 1 aromatic carbocycles. The Bertz CT molecular complexity index is 699. The normalized spacial score (nSPS) is 30.7. The van der Waals surface area contributed by atoms with Crippen LogP contribution in [0.4, 0.5) is 0 Å². The summed E-state index contributed by atoms with van der Waals surface area (Å²) in [6.07, 6.45) is 5.76. The van der Waals surface area contributed by atoms with Gasteiger partial charge in [-0.15, -0.1) is 19.0 Å². The highest BCUT2D eigenvalue weighted by Gasteiger charge is 2.42. The van der Waals surface area contributed by atoms with Crippen molar-refractivity contribution in [3.05, 3.63) is 54.7 Å². The zero-order chi connectivity index (χ0) is 15.1. The van der Waals surface area contributed by atoms with Crippen LogP contribution in [-0.2, 0) is 0 Å². The van der Waals surface area contributed by atoms with Crippen LogP contribution in [-0.4, -0.2) is 34.1 Å². The Kier molecular flexibility index (Phi) is 4.72. The molecule has 5 rings (SSSR count). The van der Waals surface area contributed by atoms with E-state index in [2.05, 4.69) is 28.6 Å². The maximum Gasteiger partial charge on any atom is 0.0952 e. The Labute approximate surface area is 143 Å². The molecule has 0 aliphatic carbocycles. The minimum atomic E-state index is -0.443. The summed E-state index contributed by atoms with van der Waals surface area (Å²) in [4.78, 5) is 6.86. The van der Waals surface area contributed by atoms with Crippen LogP contribution in [0.5, 0.6) is 0 Å². The van der Waals surface area contributed by atoms with Crippen LogP contribution in [0.2, 0.25) is 0 Å². The molecule has 3 aliphatic rings. The van der Waals surface area contributed by atoms with Gasteiger partial charge in [-0.05, 0) is 48.9 Å². The number of aliphatic hydroxyl groups excluding tert-OH is 1. The topological polar surface area (TPSA) is 36.4 Å². The highest BCUT2D eigenvalue weighted by molar-refractivity contribution is 5.85. The summed E-state index contributed by atoms with van der Waals surface area (Å²) >= 11 is 0. The van der Waals surface area contributed by atoms with E-state index >= 15 is 0 Å². The van der Waals surface area contributed by atoms with Crippen molar-refractivity contribution in [3.8, 4) is 0 Å². The lowest BCUT2D eigenvalue weighted by Crippen LogP contribution is -2.54. The zero-order valence-corrected chi connectivity index (χ0v) is 14.0. The molecule has 0 amide bonds. The molecular weight excluding hydrogens is 308 g/mol. The standard InChI is InChI=1S/C19H22N2O.ClH/c1-2-13-12-21-10-8-14(13)11-18(21)19(22)16-7-9-20-17-6-4-3-5-15(16)17;/h2-7,9,13-14,18-19,22H,1,8,10-12H2;1H/t13-,14-,18+,19-;/m1./s1. The molecule has 3 saturated heterocycles. The molecule has 0 saturated carbocycles. The van der Waals surface area contributed by atoms with Crippen LogP contribution in [0, 0.1) is 11.8 Å². The van der Waals surface area contributed by atoms with Crippen molar-refractivity contribution < 1.29 is 5.11 Å². The summed E-state index contributed by atoms with van der Waals surface area (Å²) in [6.45, 7) is 6.11. The Balaban J connectivity index is 0.00000156. The number of hydrogen-bond acceptors (Lipinski definition) is 3. The number of hydrogen-bond donors (Lipinski definition) is 1. The summed E-state index contributed by atoms with van der Waals surface area (Å²) in [5.74, 6) is 1.27. The van der Waals surface area contributed by atoms with Gasteiger partial charge in [0.2, 0.25) is 0 Å². The predicted octanol–water partition coefficient (Wildman–Crippen LogP) is 3.59. The predicted molar refractivity (Wildman–Crippen MR) is 95.7 cm³/mol. The molecule has 122 valence electrons. The van der Waals surface area contributed by atoms with Crippen molar-refractivity contribution in [3.63, 3.8) is 0 Å². The lowest BCUT2D eigenvalue weighted by Gasteiger charge is -2.50. The fourth-order valence-electron chi connectivity index (χ4n) is 4.29. The smallest absolute Gasteiger partial charge is 0.0952 e. The maximum absolute atomic E-state index is 11.0. The molecule has 2 bridgehead atoms. The van der Waals surface area contributed by atoms with Gasteiger partial charge >= 0.3 is 0 Å². The number of halogens is 1. The second kappa shape index (κ2) is 6.60. The van der Waals surface area contributed by atoms with Gasteiger partial charge in [-0.3, -0.25) is 9.88 Å². The minimum Gasteiger partial charge on any atom is -0.387 e. The number of piperidine rings is 3. The molecule has 1 N–H and O–H groups in total. The molecule has 4 heteroatoms. The molecule has 0 spiro atoms. The summed E-state index contributed by atoms with van der Waals surface area (Å²) in [6, 6.07) is 10.3. The molecular formula is C19H23ClN2O. The van der Waals surface area contributed by atoms with Gasteiger partial charge in [-0.25, -0.2) is 0 Å². The first kappa shape index (κ1) is 16.4. The minimum absolute atomic E-state index is 0. The Hall–Kier alpha value is -1.42. The number of pyridine rings is 1. The van der Waals surface area contributed by atoms with E-state index in [-0.39, 0.29) is 18.4 Å². The Morgan fingerprint density at radius 2 is 2.13 bits per heavy atom. The van der Waals surface area contributed by atoms with Crippen LogP contribution < -0.4 is 0 Å². The van der Waals surface area contributed by atoms with E-state index in [1.165, 1.54) is 6.42 Å². The third-order valence-electron chi connectivity index (χ3n) is 5.52. The van der Waals surface area contributed by atoms with E-state index in [1.807, 2.05) is 30.5 Å². The van der Waals surface area contributed by atoms with Crippen LogP contribution >= 0.6 is 12.4 Å². The van der Waals surface area contributed by atoms with Gasteiger partial charge in [0.15, 0.2) is 0 Å². The van der Waals surface area contributed by atoms with Crippen molar-refractivity contribution in [1.29, 1.82) is 0 Å². The monoisotopic (exact) mass is 330 g/mol. The Morgan fingerprint density at radius 3 is 2.87 bits per heavy atom. The summed E-state index contributed by atoms with van der Waals surface area (Å²) in [7, 11) is 0. The SMILES string of the molecule is C=C[C@@H]1CN2CC[C@@H]1C[C@H]2[C@H](O)c1ccnc2ccccc12.Cl. The number of benzene rings is 1. The molecule has 3 nitrogen and oxygen atoms in total. The highest BCUT2D eigenvalue weighted by Crippen LogP contribution is 2.41. The largest absolute Gasteiger partial charge is 0.387 e. The van der Waals surface area contributed by atoms with Crippen LogP contribution in [0.3, 0.4) is 0 Å². The zero-order valence-electron chi connectivity index (χ0n) is 13.1. The first-order valence-electron chi connectivity index (χ1n) is 8.16. The lowest BCUT2D eigenvalue weighted by atomic mass is 9.73.